The lowest BCUT2D eigenvalue weighted by Crippen LogP contribution is -2.35. The number of anilines is 1. The summed E-state index contributed by atoms with van der Waals surface area (Å²) < 4.78 is 11.3. The van der Waals surface area contributed by atoms with Crippen LogP contribution in [0.2, 0.25) is 0 Å². The van der Waals surface area contributed by atoms with E-state index in [1.807, 2.05) is 36.4 Å². The Morgan fingerprint density at radius 1 is 1.12 bits per heavy atom. The van der Waals surface area contributed by atoms with E-state index in [2.05, 4.69) is 24.5 Å². The summed E-state index contributed by atoms with van der Waals surface area (Å²) in [6.45, 7) is 4.49. The molecule has 5 nitrogen and oxygen atoms in total. The van der Waals surface area contributed by atoms with Crippen molar-refractivity contribution in [3.8, 4) is 5.75 Å². The first-order valence-corrected chi connectivity index (χ1v) is 8.68. The molecule has 2 aromatic carbocycles. The molecule has 0 aliphatic rings. The monoisotopic (exact) mass is 340 g/mol. The smallest absolute Gasteiger partial charge is 0.238 e. The van der Waals surface area contributed by atoms with Gasteiger partial charge in [-0.3, -0.25) is 4.79 Å². The Morgan fingerprint density at radius 2 is 1.88 bits per heavy atom. The number of fused-ring (bicyclic) bond motifs is 3. The molecule has 0 radical (unpaired) electrons. The molecule has 132 valence electrons. The van der Waals surface area contributed by atoms with Gasteiger partial charge < -0.3 is 19.8 Å². The maximum atomic E-state index is 12.3. The Morgan fingerprint density at radius 3 is 2.60 bits per heavy atom. The second-order valence-electron chi connectivity index (χ2n) is 6.09. The van der Waals surface area contributed by atoms with Crippen molar-refractivity contribution >= 4 is 33.5 Å². The normalized spacial score (nSPS) is 11.4. The zero-order valence-electron chi connectivity index (χ0n) is 14.9. The summed E-state index contributed by atoms with van der Waals surface area (Å²) in [5, 5.41) is 8.18. The van der Waals surface area contributed by atoms with E-state index < -0.39 is 0 Å². The molecule has 2 N–H and O–H groups in total. The molecule has 0 aliphatic heterocycles. The van der Waals surface area contributed by atoms with Crippen molar-refractivity contribution in [1.82, 2.24) is 5.32 Å². The molecule has 0 bridgehead atoms. The lowest BCUT2D eigenvalue weighted by atomic mass is 10.1. The van der Waals surface area contributed by atoms with E-state index in [4.69, 9.17) is 9.15 Å². The fourth-order valence-corrected chi connectivity index (χ4v) is 3.03. The van der Waals surface area contributed by atoms with Gasteiger partial charge in [0.1, 0.15) is 16.9 Å². The van der Waals surface area contributed by atoms with Crippen LogP contribution in [0.15, 0.2) is 40.8 Å². The molecule has 0 spiro atoms. The van der Waals surface area contributed by atoms with E-state index in [9.17, 15) is 4.79 Å². The highest BCUT2D eigenvalue weighted by molar-refractivity contribution is 6.07. The first-order chi connectivity index (χ1) is 12.2. The van der Waals surface area contributed by atoms with Crippen LogP contribution >= 0.6 is 0 Å². The maximum Gasteiger partial charge on any atom is 0.238 e. The van der Waals surface area contributed by atoms with E-state index in [0.29, 0.717) is 17.5 Å². The van der Waals surface area contributed by atoms with Gasteiger partial charge in [0.05, 0.1) is 19.3 Å². The molecule has 5 heteroatoms. The zero-order chi connectivity index (χ0) is 17.8. The van der Waals surface area contributed by atoms with Crippen LogP contribution in [-0.2, 0) is 4.79 Å². The van der Waals surface area contributed by atoms with E-state index in [0.717, 1.165) is 34.8 Å². The molecule has 0 unspecified atom stereocenters. The van der Waals surface area contributed by atoms with Crippen molar-refractivity contribution in [1.29, 1.82) is 0 Å². The molecule has 1 amide bonds. The lowest BCUT2D eigenvalue weighted by molar-refractivity contribution is -0.115. The van der Waals surface area contributed by atoms with Gasteiger partial charge in [0.15, 0.2) is 0 Å². The second-order valence-corrected chi connectivity index (χ2v) is 6.09. The van der Waals surface area contributed by atoms with Crippen LogP contribution in [0.1, 0.15) is 26.7 Å². The predicted molar refractivity (Wildman–Crippen MR) is 101 cm³/mol. The first-order valence-electron chi connectivity index (χ1n) is 8.68. The van der Waals surface area contributed by atoms with Gasteiger partial charge in [-0.1, -0.05) is 32.0 Å². The van der Waals surface area contributed by atoms with E-state index in [1.54, 1.807) is 7.11 Å². The van der Waals surface area contributed by atoms with Crippen LogP contribution < -0.4 is 15.4 Å². The molecular formula is C20H24N2O3. The van der Waals surface area contributed by atoms with E-state index >= 15 is 0 Å². The van der Waals surface area contributed by atoms with Gasteiger partial charge in [-0.2, -0.15) is 0 Å². The van der Waals surface area contributed by atoms with Gasteiger partial charge in [-0.15, -0.1) is 0 Å². The molecule has 1 aromatic heterocycles. The Labute approximate surface area is 147 Å². The van der Waals surface area contributed by atoms with Crippen molar-refractivity contribution < 1.29 is 13.9 Å². The largest absolute Gasteiger partial charge is 0.495 e. The van der Waals surface area contributed by atoms with Crippen LogP contribution in [0.4, 0.5) is 5.69 Å². The summed E-state index contributed by atoms with van der Waals surface area (Å²) in [6.07, 6.45) is 2.00. The second kappa shape index (κ2) is 7.57. The molecule has 25 heavy (non-hydrogen) atoms. The number of benzene rings is 2. The van der Waals surface area contributed by atoms with Gasteiger partial charge in [-0.25, -0.2) is 0 Å². The fraction of sp³-hybridized carbons (Fsp3) is 0.350. The van der Waals surface area contributed by atoms with E-state index in [1.165, 1.54) is 0 Å². The third-order valence-electron chi connectivity index (χ3n) is 4.51. The molecule has 3 rings (SSSR count). The van der Waals surface area contributed by atoms with Crippen LogP contribution in [0, 0.1) is 0 Å². The average Bonchev–Trinajstić information content (AvgIpc) is 2.99. The van der Waals surface area contributed by atoms with Crippen molar-refractivity contribution in [2.45, 2.75) is 32.7 Å². The zero-order valence-corrected chi connectivity index (χ0v) is 14.9. The Balaban J connectivity index is 1.85. The molecule has 0 saturated heterocycles. The van der Waals surface area contributed by atoms with Crippen molar-refractivity contribution in [3.05, 3.63) is 36.4 Å². The van der Waals surface area contributed by atoms with Crippen molar-refractivity contribution in [3.63, 3.8) is 0 Å². The Kier molecular flexibility index (Phi) is 5.24. The van der Waals surface area contributed by atoms with Crippen LogP contribution in [0.25, 0.3) is 21.9 Å². The molecule has 0 saturated carbocycles. The number of furan rings is 1. The Hall–Kier alpha value is -2.53. The highest BCUT2D eigenvalue weighted by Crippen LogP contribution is 2.36. The summed E-state index contributed by atoms with van der Waals surface area (Å²) in [7, 11) is 1.60. The van der Waals surface area contributed by atoms with E-state index in [-0.39, 0.29) is 12.5 Å². The first kappa shape index (κ1) is 17.3. The SMILES string of the molecule is CCC(CC)NCC(=O)Nc1cc2oc3ccccc3c2cc1OC. The summed E-state index contributed by atoms with van der Waals surface area (Å²) in [4.78, 5) is 12.3. The molecular weight excluding hydrogens is 316 g/mol. The number of carbonyl (C=O) groups is 1. The summed E-state index contributed by atoms with van der Waals surface area (Å²) >= 11 is 0. The lowest BCUT2D eigenvalue weighted by Gasteiger charge is -2.15. The topological polar surface area (TPSA) is 63.5 Å². The number of para-hydroxylation sites is 1. The molecule has 1 heterocycles. The van der Waals surface area contributed by atoms with Crippen molar-refractivity contribution in [2.24, 2.45) is 0 Å². The van der Waals surface area contributed by atoms with Crippen LogP contribution in [-0.4, -0.2) is 25.6 Å². The number of ether oxygens (including phenoxy) is 1. The standard InChI is InChI=1S/C20H24N2O3/c1-4-13(5-2)21-12-20(23)22-16-11-18-15(10-19(16)24-3)14-8-6-7-9-17(14)25-18/h6-11,13,21H,4-5,12H2,1-3H3,(H,22,23). The number of rotatable bonds is 7. The fourth-order valence-electron chi connectivity index (χ4n) is 3.03. The Bertz CT molecular complexity index is 881. The number of nitrogens with one attached hydrogen (secondary N) is 2. The molecule has 0 aliphatic carbocycles. The van der Waals surface area contributed by atoms with Gasteiger partial charge in [-0.05, 0) is 25.0 Å². The van der Waals surface area contributed by atoms with Gasteiger partial charge in [0, 0.05) is 22.9 Å². The number of methoxy groups -OCH3 is 1. The van der Waals surface area contributed by atoms with Crippen LogP contribution in [0.5, 0.6) is 5.75 Å². The van der Waals surface area contributed by atoms with Crippen LogP contribution in [0.3, 0.4) is 0 Å². The molecule has 3 aromatic rings. The molecule has 0 atom stereocenters. The minimum absolute atomic E-state index is 0.0966. The summed E-state index contributed by atoms with van der Waals surface area (Å²) in [5.74, 6) is 0.524. The number of amides is 1. The minimum atomic E-state index is -0.0966. The van der Waals surface area contributed by atoms with Gasteiger partial charge >= 0.3 is 0 Å². The van der Waals surface area contributed by atoms with Crippen molar-refractivity contribution in [2.75, 3.05) is 19.0 Å². The highest BCUT2D eigenvalue weighted by atomic mass is 16.5. The number of hydrogen-bond acceptors (Lipinski definition) is 4. The third kappa shape index (κ3) is 3.61. The molecule has 0 fully saturated rings. The highest BCUT2D eigenvalue weighted by Gasteiger charge is 2.14. The third-order valence-corrected chi connectivity index (χ3v) is 4.51. The quantitative estimate of drug-likeness (QED) is 0.673. The average molecular weight is 340 g/mol. The number of carbonyl (C=O) groups excluding carboxylic acids is 1. The maximum absolute atomic E-state index is 12.3. The predicted octanol–water partition coefficient (Wildman–Crippen LogP) is 4.31. The van der Waals surface area contributed by atoms with Gasteiger partial charge in [0.25, 0.3) is 0 Å². The summed E-state index contributed by atoms with van der Waals surface area (Å²) in [6, 6.07) is 11.9. The minimum Gasteiger partial charge on any atom is -0.495 e. The number of hydrogen-bond donors (Lipinski definition) is 2. The summed E-state index contributed by atoms with van der Waals surface area (Å²) in [5.41, 5.74) is 2.16. The van der Waals surface area contributed by atoms with Gasteiger partial charge in [0.2, 0.25) is 5.91 Å².